The highest BCUT2D eigenvalue weighted by atomic mass is 16.6. The van der Waals surface area contributed by atoms with Crippen LogP contribution in [0.5, 0.6) is 17.4 Å². The van der Waals surface area contributed by atoms with Crippen LogP contribution in [0.2, 0.25) is 0 Å². The molecule has 1 aromatic heterocycles. The Morgan fingerprint density at radius 1 is 1.03 bits per heavy atom. The van der Waals surface area contributed by atoms with Crippen molar-refractivity contribution in [2.45, 2.75) is 0 Å². The summed E-state index contributed by atoms with van der Waals surface area (Å²) in [4.78, 5) is 36.3. The largest absolute Gasteiger partial charge is 0.493 e. The van der Waals surface area contributed by atoms with E-state index < -0.39 is 15.8 Å². The van der Waals surface area contributed by atoms with Crippen molar-refractivity contribution in [3.8, 4) is 17.4 Å². The zero-order valence-electron chi connectivity index (χ0n) is 16.5. The van der Waals surface area contributed by atoms with Gasteiger partial charge in [0, 0.05) is 29.8 Å². The first-order chi connectivity index (χ1) is 15.4. The molecule has 1 N–H and O–H groups in total. The van der Waals surface area contributed by atoms with Gasteiger partial charge in [0.15, 0.2) is 11.5 Å². The van der Waals surface area contributed by atoms with Crippen LogP contribution in [-0.4, -0.2) is 34.1 Å². The third kappa shape index (κ3) is 5.38. The number of ether oxygens (including phenoxy) is 2. The molecule has 0 fully saturated rings. The number of hydrogen-bond acceptors (Lipinski definition) is 9. The van der Waals surface area contributed by atoms with Gasteiger partial charge in [-0.2, -0.15) is 5.10 Å². The van der Waals surface area contributed by atoms with E-state index in [2.05, 4.69) is 15.5 Å². The number of methoxy groups -OCH3 is 1. The van der Waals surface area contributed by atoms with Crippen molar-refractivity contribution >= 4 is 23.5 Å². The Hall–Kier alpha value is -4.87. The smallest absolute Gasteiger partial charge is 0.287 e. The molecule has 0 saturated heterocycles. The van der Waals surface area contributed by atoms with Crippen molar-refractivity contribution in [1.29, 1.82) is 0 Å². The lowest BCUT2D eigenvalue weighted by atomic mass is 10.2. The van der Waals surface area contributed by atoms with E-state index in [9.17, 15) is 25.0 Å². The van der Waals surface area contributed by atoms with E-state index in [0.29, 0.717) is 17.1 Å². The number of hydrazone groups is 1. The maximum Gasteiger partial charge on any atom is 0.287 e. The Morgan fingerprint density at radius 2 is 1.81 bits per heavy atom. The molecule has 1 heterocycles. The van der Waals surface area contributed by atoms with Gasteiger partial charge in [-0.1, -0.05) is 6.07 Å². The minimum absolute atomic E-state index is 0.0910. The number of nitrogens with zero attached hydrogens (tertiary/aromatic N) is 4. The van der Waals surface area contributed by atoms with Crippen molar-refractivity contribution in [3.63, 3.8) is 0 Å². The number of non-ortho nitro benzene ring substituents is 1. The van der Waals surface area contributed by atoms with Crippen molar-refractivity contribution in [2.75, 3.05) is 7.11 Å². The molecule has 3 rings (SSSR count). The zero-order valence-corrected chi connectivity index (χ0v) is 16.5. The van der Waals surface area contributed by atoms with Crippen LogP contribution in [-0.2, 0) is 0 Å². The highest BCUT2D eigenvalue weighted by Gasteiger charge is 2.12. The minimum Gasteiger partial charge on any atom is -0.493 e. The lowest BCUT2D eigenvalue weighted by Crippen LogP contribution is -2.17. The second-order valence-corrected chi connectivity index (χ2v) is 6.13. The number of aromatic nitrogens is 1. The monoisotopic (exact) mass is 437 g/mol. The highest BCUT2D eigenvalue weighted by Crippen LogP contribution is 2.31. The topological polar surface area (TPSA) is 159 Å². The maximum absolute atomic E-state index is 12.1. The van der Waals surface area contributed by atoms with Gasteiger partial charge >= 0.3 is 0 Å². The normalized spacial score (nSPS) is 10.5. The van der Waals surface area contributed by atoms with Gasteiger partial charge in [0.2, 0.25) is 5.88 Å². The molecular weight excluding hydrogens is 422 g/mol. The van der Waals surface area contributed by atoms with Crippen molar-refractivity contribution in [3.05, 3.63) is 92.1 Å². The number of nitro groups is 2. The summed E-state index contributed by atoms with van der Waals surface area (Å²) in [5.41, 5.74) is 2.57. The molecule has 12 heteroatoms. The predicted molar refractivity (Wildman–Crippen MR) is 112 cm³/mol. The van der Waals surface area contributed by atoms with Gasteiger partial charge in [-0.05, 0) is 29.8 Å². The molecule has 1 amide bonds. The molecule has 0 atom stereocenters. The molecule has 0 spiro atoms. The molecule has 12 nitrogen and oxygen atoms in total. The van der Waals surface area contributed by atoms with E-state index >= 15 is 0 Å². The van der Waals surface area contributed by atoms with Gasteiger partial charge in [0.1, 0.15) is 6.20 Å². The summed E-state index contributed by atoms with van der Waals surface area (Å²) in [6.07, 6.45) is 2.43. The summed E-state index contributed by atoms with van der Waals surface area (Å²) in [5, 5.41) is 25.4. The summed E-state index contributed by atoms with van der Waals surface area (Å²) < 4.78 is 10.9. The Kier molecular flexibility index (Phi) is 6.65. The number of benzene rings is 2. The summed E-state index contributed by atoms with van der Waals surface area (Å²) in [5.74, 6) is 0.173. The Bertz CT molecular complexity index is 1200. The first-order valence-corrected chi connectivity index (χ1v) is 8.91. The van der Waals surface area contributed by atoms with Gasteiger partial charge in [-0.25, -0.2) is 10.4 Å². The summed E-state index contributed by atoms with van der Waals surface area (Å²) in [6, 6.07) is 12.7. The highest BCUT2D eigenvalue weighted by molar-refractivity contribution is 5.95. The van der Waals surface area contributed by atoms with E-state index in [1.54, 1.807) is 18.2 Å². The second-order valence-electron chi connectivity index (χ2n) is 6.13. The lowest BCUT2D eigenvalue weighted by Gasteiger charge is -2.10. The third-order valence-electron chi connectivity index (χ3n) is 4.03. The van der Waals surface area contributed by atoms with E-state index in [0.717, 1.165) is 12.3 Å². The molecule has 0 radical (unpaired) electrons. The molecule has 0 aliphatic rings. The molecule has 0 aliphatic heterocycles. The average molecular weight is 437 g/mol. The number of nitro benzene ring substituents is 1. The molecule has 0 unspecified atom stereocenters. The minimum atomic E-state index is -0.610. The molecule has 0 bridgehead atoms. The molecule has 0 aliphatic carbocycles. The summed E-state index contributed by atoms with van der Waals surface area (Å²) in [7, 11) is 1.43. The van der Waals surface area contributed by atoms with Crippen LogP contribution in [0.25, 0.3) is 0 Å². The standard InChI is InChI=1S/C20H15N5O7/c1-31-18-9-13(5-7-17(18)32-19-8-6-16(12-21-19)25(29)30)11-22-23-20(26)14-3-2-4-15(10-14)24(27)28/h2-12H,1H3,(H,23,26)/b22-11+. The van der Waals surface area contributed by atoms with Gasteiger partial charge in [0.05, 0.1) is 23.2 Å². The molecule has 2 aromatic carbocycles. The average Bonchev–Trinajstić information content (AvgIpc) is 2.80. The molecule has 32 heavy (non-hydrogen) atoms. The predicted octanol–water partition coefficient (Wildman–Crippen LogP) is 3.46. The molecular formula is C20H15N5O7. The number of pyridine rings is 1. The maximum atomic E-state index is 12.1. The van der Waals surface area contributed by atoms with E-state index in [-0.39, 0.29) is 22.8 Å². The van der Waals surface area contributed by atoms with Gasteiger partial charge in [-0.15, -0.1) is 0 Å². The Morgan fingerprint density at radius 3 is 2.47 bits per heavy atom. The second kappa shape index (κ2) is 9.75. The fourth-order valence-corrected chi connectivity index (χ4v) is 2.49. The quantitative estimate of drug-likeness (QED) is 0.318. The van der Waals surface area contributed by atoms with Crippen molar-refractivity contribution < 1.29 is 24.1 Å². The molecule has 3 aromatic rings. The first kappa shape index (κ1) is 21.8. The van der Waals surface area contributed by atoms with Gasteiger partial charge in [-0.3, -0.25) is 25.0 Å². The Balaban J connectivity index is 1.68. The number of carbonyl (C=O) groups excluding carboxylic acids is 1. The van der Waals surface area contributed by atoms with Crippen LogP contribution >= 0.6 is 0 Å². The van der Waals surface area contributed by atoms with E-state index in [1.807, 2.05) is 0 Å². The van der Waals surface area contributed by atoms with Crippen molar-refractivity contribution in [1.82, 2.24) is 10.4 Å². The van der Waals surface area contributed by atoms with Crippen LogP contribution < -0.4 is 14.9 Å². The number of carbonyl (C=O) groups is 1. The zero-order chi connectivity index (χ0) is 23.1. The van der Waals surface area contributed by atoms with Gasteiger partial charge < -0.3 is 9.47 Å². The number of nitrogens with one attached hydrogen (secondary N) is 1. The lowest BCUT2D eigenvalue weighted by molar-refractivity contribution is -0.385. The van der Waals surface area contributed by atoms with E-state index in [4.69, 9.17) is 9.47 Å². The fraction of sp³-hybridized carbons (Fsp3) is 0.0500. The van der Waals surface area contributed by atoms with Crippen LogP contribution in [0.15, 0.2) is 65.9 Å². The van der Waals surface area contributed by atoms with E-state index in [1.165, 1.54) is 43.7 Å². The van der Waals surface area contributed by atoms with Gasteiger partial charge in [0.25, 0.3) is 17.3 Å². The SMILES string of the molecule is COc1cc(/C=N/NC(=O)c2cccc([N+](=O)[O-])c2)ccc1Oc1ccc([N+](=O)[O-])cn1. The Labute approximate surface area is 180 Å². The van der Waals surface area contributed by atoms with Crippen LogP contribution in [0.1, 0.15) is 15.9 Å². The number of hydrogen-bond donors (Lipinski definition) is 1. The molecule has 0 saturated carbocycles. The molecule has 162 valence electrons. The van der Waals surface area contributed by atoms with Crippen LogP contribution in [0.4, 0.5) is 11.4 Å². The number of amides is 1. The van der Waals surface area contributed by atoms with Crippen LogP contribution in [0.3, 0.4) is 0 Å². The first-order valence-electron chi connectivity index (χ1n) is 8.91. The summed E-state index contributed by atoms with van der Waals surface area (Å²) in [6.45, 7) is 0. The van der Waals surface area contributed by atoms with Crippen LogP contribution in [0, 0.1) is 20.2 Å². The number of rotatable bonds is 8. The summed E-state index contributed by atoms with van der Waals surface area (Å²) >= 11 is 0. The fourth-order valence-electron chi connectivity index (χ4n) is 2.49. The van der Waals surface area contributed by atoms with Crippen molar-refractivity contribution in [2.24, 2.45) is 5.10 Å². The third-order valence-corrected chi connectivity index (χ3v) is 4.03.